The van der Waals surface area contributed by atoms with Gasteiger partial charge in [-0.15, -0.1) is 11.8 Å². The lowest BCUT2D eigenvalue weighted by atomic mass is 10.2. The zero-order chi connectivity index (χ0) is 24.7. The van der Waals surface area contributed by atoms with Crippen molar-refractivity contribution in [1.29, 1.82) is 0 Å². The van der Waals surface area contributed by atoms with Gasteiger partial charge in [-0.05, 0) is 72.8 Å². The number of hydrogen-bond donors (Lipinski definition) is 3. The van der Waals surface area contributed by atoms with Crippen molar-refractivity contribution in [3.05, 3.63) is 103 Å². The van der Waals surface area contributed by atoms with E-state index in [9.17, 15) is 9.59 Å². The number of fused-ring (bicyclic) bond motifs is 1. The number of amides is 3. The van der Waals surface area contributed by atoms with Crippen molar-refractivity contribution < 1.29 is 14.0 Å². The second-order valence-electron chi connectivity index (χ2n) is 7.87. The molecule has 0 spiro atoms. The number of nitrogens with one attached hydrogen (secondary N) is 3. The number of benzene rings is 4. The molecule has 0 saturated heterocycles. The van der Waals surface area contributed by atoms with Crippen molar-refractivity contribution in [2.75, 3.05) is 21.7 Å². The third kappa shape index (κ3) is 5.92. The van der Waals surface area contributed by atoms with Gasteiger partial charge in [0.15, 0.2) is 5.58 Å². The van der Waals surface area contributed by atoms with E-state index in [2.05, 4.69) is 20.9 Å². The molecular formula is C28H22N4O3S. The molecule has 5 aromatic rings. The minimum absolute atomic E-state index is 0.112. The molecule has 5 rings (SSSR count). The number of anilines is 3. The maximum absolute atomic E-state index is 12.4. The van der Waals surface area contributed by atoms with Gasteiger partial charge in [0.05, 0.1) is 5.75 Å². The zero-order valence-corrected chi connectivity index (χ0v) is 19.9. The molecule has 178 valence electrons. The number of carbonyl (C=O) groups excluding carboxylic acids is 2. The van der Waals surface area contributed by atoms with Crippen LogP contribution in [-0.4, -0.2) is 22.7 Å². The average Bonchev–Trinajstić information content (AvgIpc) is 3.34. The highest BCUT2D eigenvalue weighted by Gasteiger charge is 2.09. The number of nitrogens with zero attached hydrogens (tertiary/aromatic N) is 1. The Kier molecular flexibility index (Phi) is 6.95. The summed E-state index contributed by atoms with van der Waals surface area (Å²) >= 11 is 1.42. The number of aromatic nitrogens is 1. The summed E-state index contributed by atoms with van der Waals surface area (Å²) in [5.74, 6) is 0.688. The molecule has 0 radical (unpaired) electrons. The van der Waals surface area contributed by atoms with E-state index in [4.69, 9.17) is 4.42 Å². The van der Waals surface area contributed by atoms with Gasteiger partial charge in [-0.25, -0.2) is 9.78 Å². The maximum atomic E-state index is 12.4. The average molecular weight is 495 g/mol. The van der Waals surface area contributed by atoms with E-state index < -0.39 is 0 Å². The molecule has 36 heavy (non-hydrogen) atoms. The van der Waals surface area contributed by atoms with Crippen LogP contribution in [-0.2, 0) is 4.79 Å². The van der Waals surface area contributed by atoms with Crippen molar-refractivity contribution in [2.24, 2.45) is 0 Å². The largest absolute Gasteiger partial charge is 0.436 e. The van der Waals surface area contributed by atoms with E-state index in [-0.39, 0.29) is 17.7 Å². The van der Waals surface area contributed by atoms with Gasteiger partial charge in [-0.2, -0.15) is 0 Å². The molecular weight excluding hydrogens is 472 g/mol. The molecule has 4 aromatic carbocycles. The van der Waals surface area contributed by atoms with Gasteiger partial charge in [0, 0.05) is 27.5 Å². The fourth-order valence-corrected chi connectivity index (χ4v) is 4.19. The van der Waals surface area contributed by atoms with Crippen LogP contribution in [0.1, 0.15) is 0 Å². The van der Waals surface area contributed by atoms with Crippen molar-refractivity contribution in [2.45, 2.75) is 4.90 Å². The van der Waals surface area contributed by atoms with E-state index in [1.165, 1.54) is 11.8 Å². The van der Waals surface area contributed by atoms with Crippen LogP contribution in [0.4, 0.5) is 21.9 Å². The lowest BCUT2D eigenvalue weighted by Crippen LogP contribution is -2.19. The summed E-state index contributed by atoms with van der Waals surface area (Å²) in [4.78, 5) is 29.9. The molecule has 1 aromatic heterocycles. The summed E-state index contributed by atoms with van der Waals surface area (Å²) in [5.41, 5.74) is 4.46. The van der Waals surface area contributed by atoms with Gasteiger partial charge >= 0.3 is 6.03 Å². The van der Waals surface area contributed by atoms with E-state index in [1.54, 1.807) is 12.1 Å². The van der Waals surface area contributed by atoms with Crippen LogP contribution in [0.5, 0.6) is 0 Å². The fourth-order valence-electron chi connectivity index (χ4n) is 3.49. The minimum atomic E-state index is -0.317. The number of carbonyl (C=O) groups is 2. The van der Waals surface area contributed by atoms with E-state index in [0.29, 0.717) is 23.0 Å². The summed E-state index contributed by atoms with van der Waals surface area (Å²) in [6.45, 7) is 0. The molecule has 3 N–H and O–H groups in total. The topological polar surface area (TPSA) is 96.3 Å². The second-order valence-corrected chi connectivity index (χ2v) is 8.92. The highest BCUT2D eigenvalue weighted by Crippen LogP contribution is 2.26. The number of thioether (sulfide) groups is 1. The SMILES string of the molecule is O=C(CSc1ccc(NC(=O)Nc2ccccc2)cc1)Nc1ccc(-c2nc3ccccc3o2)cc1. The van der Waals surface area contributed by atoms with Crippen molar-refractivity contribution in [3.63, 3.8) is 0 Å². The zero-order valence-electron chi connectivity index (χ0n) is 19.1. The molecule has 1 heterocycles. The van der Waals surface area contributed by atoms with Gasteiger partial charge in [-0.1, -0.05) is 30.3 Å². The molecule has 0 aliphatic rings. The smallest absolute Gasteiger partial charge is 0.323 e. The number of para-hydroxylation sites is 3. The summed E-state index contributed by atoms with van der Waals surface area (Å²) < 4.78 is 5.79. The van der Waals surface area contributed by atoms with Gasteiger partial charge < -0.3 is 20.4 Å². The maximum Gasteiger partial charge on any atom is 0.323 e. The van der Waals surface area contributed by atoms with Crippen molar-refractivity contribution in [1.82, 2.24) is 4.98 Å². The molecule has 0 fully saturated rings. The number of oxazole rings is 1. The summed E-state index contributed by atoms with van der Waals surface area (Å²) in [6.07, 6.45) is 0. The Labute approximate surface area is 211 Å². The van der Waals surface area contributed by atoms with Crippen molar-refractivity contribution >= 4 is 51.9 Å². The first kappa shape index (κ1) is 23.2. The molecule has 0 unspecified atom stereocenters. The van der Waals surface area contributed by atoms with Crippen LogP contribution in [0.25, 0.3) is 22.6 Å². The summed E-state index contributed by atoms with van der Waals surface area (Å²) in [5, 5.41) is 8.46. The first-order valence-electron chi connectivity index (χ1n) is 11.2. The normalized spacial score (nSPS) is 10.7. The second kappa shape index (κ2) is 10.8. The molecule has 8 heteroatoms. The van der Waals surface area contributed by atoms with Crippen LogP contribution in [0.2, 0.25) is 0 Å². The monoisotopic (exact) mass is 494 g/mol. The Bertz CT molecular complexity index is 1450. The molecule has 0 aliphatic heterocycles. The van der Waals surface area contributed by atoms with Crippen LogP contribution in [0.15, 0.2) is 112 Å². The van der Waals surface area contributed by atoms with Crippen LogP contribution >= 0.6 is 11.8 Å². The summed E-state index contributed by atoms with van der Waals surface area (Å²) in [6, 6.07) is 31.2. The highest BCUT2D eigenvalue weighted by atomic mass is 32.2. The van der Waals surface area contributed by atoms with Crippen LogP contribution in [0, 0.1) is 0 Å². The van der Waals surface area contributed by atoms with E-state index in [1.807, 2.05) is 91.0 Å². The Morgan fingerprint density at radius 1 is 0.694 bits per heavy atom. The standard InChI is InChI=1S/C28H22N4O3S/c33-26(29-21-12-10-19(11-13-21)27-32-24-8-4-5-9-25(24)35-27)18-36-23-16-14-22(15-17-23)31-28(34)30-20-6-2-1-3-7-20/h1-17H,18H2,(H,29,33)(H2,30,31,34). The van der Waals surface area contributed by atoms with Gasteiger partial charge in [0.1, 0.15) is 5.52 Å². The van der Waals surface area contributed by atoms with Gasteiger partial charge in [0.2, 0.25) is 11.8 Å². The first-order valence-corrected chi connectivity index (χ1v) is 12.2. The summed E-state index contributed by atoms with van der Waals surface area (Å²) in [7, 11) is 0. The minimum Gasteiger partial charge on any atom is -0.436 e. The van der Waals surface area contributed by atoms with Gasteiger partial charge in [0.25, 0.3) is 0 Å². The lowest BCUT2D eigenvalue weighted by molar-refractivity contribution is -0.113. The van der Waals surface area contributed by atoms with E-state index in [0.717, 1.165) is 21.6 Å². The third-order valence-corrected chi connectivity index (χ3v) is 6.24. The number of hydrogen-bond acceptors (Lipinski definition) is 5. The Balaban J connectivity index is 1.10. The molecule has 0 atom stereocenters. The fraction of sp³-hybridized carbons (Fsp3) is 0.0357. The predicted octanol–water partition coefficient (Wildman–Crippen LogP) is 6.87. The molecule has 0 bridgehead atoms. The quantitative estimate of drug-likeness (QED) is 0.215. The number of urea groups is 1. The lowest BCUT2D eigenvalue weighted by Gasteiger charge is -2.09. The van der Waals surface area contributed by atoms with E-state index >= 15 is 0 Å². The molecule has 3 amide bonds. The molecule has 7 nitrogen and oxygen atoms in total. The van der Waals surface area contributed by atoms with Crippen LogP contribution < -0.4 is 16.0 Å². The predicted molar refractivity (Wildman–Crippen MR) is 144 cm³/mol. The molecule has 0 saturated carbocycles. The first-order chi connectivity index (χ1) is 17.6. The highest BCUT2D eigenvalue weighted by molar-refractivity contribution is 8.00. The Hall–Kier alpha value is -4.56. The van der Waals surface area contributed by atoms with Crippen LogP contribution in [0.3, 0.4) is 0 Å². The third-order valence-electron chi connectivity index (χ3n) is 5.22. The Morgan fingerprint density at radius 3 is 2.03 bits per heavy atom. The Morgan fingerprint density at radius 2 is 1.31 bits per heavy atom. The molecule has 0 aliphatic carbocycles. The van der Waals surface area contributed by atoms with Gasteiger partial charge in [-0.3, -0.25) is 4.79 Å². The van der Waals surface area contributed by atoms with Crippen molar-refractivity contribution in [3.8, 4) is 11.5 Å². The number of rotatable bonds is 7.